The number of benzene rings is 1. The Bertz CT molecular complexity index is 1340. The third-order valence-corrected chi connectivity index (χ3v) is 6.48. The van der Waals surface area contributed by atoms with Crippen molar-refractivity contribution >= 4 is 21.3 Å². The molecule has 2 atom stereocenters. The van der Waals surface area contributed by atoms with E-state index in [0.717, 1.165) is 11.0 Å². The molecule has 0 fully saturated rings. The number of nitrogens with one attached hydrogen (secondary N) is 1. The zero-order valence-corrected chi connectivity index (χ0v) is 19.7. The van der Waals surface area contributed by atoms with Gasteiger partial charge in [-0.3, -0.25) is 4.79 Å². The minimum Gasteiger partial charge on any atom is -0.342 e. The lowest BCUT2D eigenvalue weighted by atomic mass is 10.0. The average Bonchev–Trinajstić information content (AvgIpc) is 3.28. The maximum Gasteiger partial charge on any atom is 0.416 e. The maximum absolute atomic E-state index is 13.1. The van der Waals surface area contributed by atoms with Crippen LogP contribution in [0, 0.1) is 0 Å². The monoisotopic (exact) mass is 535 g/mol. The standard InChI is InChI=1S/C20H19F6N7O2S/c1-4-36(3,35)32-15-8-27-18(28-9-15)33-16(29-10-30-33)11(2)31-17(34)12-5-13(19(21,22)23)7-14(6-12)20(24,25)26/h5-11H,4H2,1-3H3,(H,31,34)/t11-,36?/m0/s1. The summed E-state index contributed by atoms with van der Waals surface area (Å²) in [6.45, 7) is 3.11. The van der Waals surface area contributed by atoms with E-state index in [1.165, 1.54) is 25.6 Å². The first kappa shape index (κ1) is 27.0. The Kier molecular flexibility index (Phi) is 7.38. The molecule has 0 radical (unpaired) electrons. The van der Waals surface area contributed by atoms with Crippen LogP contribution in [0.5, 0.6) is 0 Å². The van der Waals surface area contributed by atoms with Gasteiger partial charge in [-0.05, 0) is 25.1 Å². The Morgan fingerprint density at radius 3 is 2.11 bits per heavy atom. The van der Waals surface area contributed by atoms with Crippen molar-refractivity contribution in [3.05, 3.63) is 59.4 Å². The number of rotatable bonds is 6. The number of hydrogen-bond acceptors (Lipinski definition) is 7. The normalized spacial score (nSPS) is 14.7. The summed E-state index contributed by atoms with van der Waals surface area (Å²) in [5, 5.41) is 6.25. The first-order valence-electron chi connectivity index (χ1n) is 10.1. The Hall–Kier alpha value is -3.56. The van der Waals surface area contributed by atoms with Crippen molar-refractivity contribution in [1.29, 1.82) is 0 Å². The number of alkyl halides is 6. The predicted octanol–water partition coefficient (Wildman–Crippen LogP) is 4.34. The molecule has 0 saturated carbocycles. The summed E-state index contributed by atoms with van der Waals surface area (Å²) >= 11 is 0. The summed E-state index contributed by atoms with van der Waals surface area (Å²) in [5.74, 6) is -0.847. The fourth-order valence-electron chi connectivity index (χ4n) is 2.89. The summed E-state index contributed by atoms with van der Waals surface area (Å²) in [6, 6.07) is -0.432. The molecule has 1 aromatic carbocycles. The molecule has 0 spiro atoms. The highest BCUT2D eigenvalue weighted by Gasteiger charge is 2.37. The highest BCUT2D eigenvalue weighted by molar-refractivity contribution is 7.93. The van der Waals surface area contributed by atoms with Crippen molar-refractivity contribution in [1.82, 2.24) is 30.0 Å². The number of carbonyl (C=O) groups is 1. The number of hydrogen-bond donors (Lipinski definition) is 1. The van der Waals surface area contributed by atoms with Crippen molar-refractivity contribution in [2.24, 2.45) is 4.36 Å². The van der Waals surface area contributed by atoms with Gasteiger partial charge in [0.2, 0.25) is 0 Å². The molecular formula is C20H19F6N7O2S. The molecular weight excluding hydrogens is 516 g/mol. The van der Waals surface area contributed by atoms with Gasteiger partial charge in [0.05, 0.1) is 29.6 Å². The van der Waals surface area contributed by atoms with Crippen molar-refractivity contribution < 1.29 is 35.3 Å². The maximum atomic E-state index is 13.1. The highest BCUT2D eigenvalue weighted by Crippen LogP contribution is 2.36. The fourth-order valence-corrected chi connectivity index (χ4v) is 3.56. The predicted molar refractivity (Wildman–Crippen MR) is 116 cm³/mol. The number of nitrogens with zero attached hydrogens (tertiary/aromatic N) is 6. The van der Waals surface area contributed by atoms with E-state index in [1.54, 1.807) is 6.92 Å². The van der Waals surface area contributed by atoms with Crippen LogP contribution >= 0.6 is 0 Å². The van der Waals surface area contributed by atoms with E-state index in [9.17, 15) is 35.3 Å². The first-order chi connectivity index (χ1) is 16.6. The molecule has 0 aliphatic heterocycles. The zero-order valence-electron chi connectivity index (χ0n) is 18.9. The van der Waals surface area contributed by atoms with Crippen LogP contribution in [0.4, 0.5) is 32.0 Å². The Balaban J connectivity index is 1.88. The molecule has 1 N–H and O–H groups in total. The van der Waals surface area contributed by atoms with Gasteiger partial charge < -0.3 is 5.32 Å². The summed E-state index contributed by atoms with van der Waals surface area (Å²) in [5.41, 5.74) is -3.81. The third-order valence-electron chi connectivity index (χ3n) is 4.81. The average molecular weight is 535 g/mol. The lowest BCUT2D eigenvalue weighted by Gasteiger charge is -2.16. The minimum atomic E-state index is -5.10. The van der Waals surface area contributed by atoms with Gasteiger partial charge in [-0.1, -0.05) is 6.92 Å². The van der Waals surface area contributed by atoms with Gasteiger partial charge in [0, 0.05) is 27.3 Å². The lowest BCUT2D eigenvalue weighted by Crippen LogP contribution is -2.29. The second-order valence-electron chi connectivity index (χ2n) is 7.60. The van der Waals surface area contributed by atoms with Crippen LogP contribution in [-0.4, -0.2) is 46.9 Å². The molecule has 3 rings (SSSR count). The van der Waals surface area contributed by atoms with Gasteiger partial charge >= 0.3 is 12.4 Å². The van der Waals surface area contributed by atoms with Gasteiger partial charge in [-0.15, -0.1) is 0 Å². The van der Waals surface area contributed by atoms with Crippen molar-refractivity contribution in [2.75, 3.05) is 12.0 Å². The van der Waals surface area contributed by atoms with Crippen LogP contribution in [0.1, 0.15) is 47.2 Å². The largest absolute Gasteiger partial charge is 0.416 e. The molecule has 1 unspecified atom stereocenters. The Morgan fingerprint density at radius 2 is 1.61 bits per heavy atom. The fraction of sp³-hybridized carbons (Fsp3) is 0.350. The SMILES string of the molecule is CCS(C)(=O)=Nc1cnc(-n2ncnc2[C@H](C)NC(=O)c2cc(C(F)(F)F)cc(C(F)(F)F)c2)nc1. The van der Waals surface area contributed by atoms with Crippen LogP contribution in [0.25, 0.3) is 5.95 Å². The summed E-state index contributed by atoms with van der Waals surface area (Å²) < 4.78 is 96.0. The van der Waals surface area contributed by atoms with Crippen molar-refractivity contribution in [2.45, 2.75) is 32.2 Å². The molecule has 16 heteroatoms. The molecule has 0 bridgehead atoms. The lowest BCUT2D eigenvalue weighted by molar-refractivity contribution is -0.143. The number of carbonyl (C=O) groups excluding carboxylic acids is 1. The van der Waals surface area contributed by atoms with E-state index in [0.29, 0.717) is 17.9 Å². The molecule has 0 saturated heterocycles. The van der Waals surface area contributed by atoms with Crippen LogP contribution in [0.15, 0.2) is 41.3 Å². The third kappa shape index (κ3) is 6.35. The second-order valence-corrected chi connectivity index (χ2v) is 10.3. The Morgan fingerprint density at radius 1 is 1.06 bits per heavy atom. The van der Waals surface area contributed by atoms with E-state index in [4.69, 9.17) is 0 Å². The van der Waals surface area contributed by atoms with Gasteiger partial charge in [-0.25, -0.2) is 19.2 Å². The zero-order chi connectivity index (χ0) is 26.9. The molecule has 3 aromatic rings. The Labute approximate surface area is 201 Å². The second kappa shape index (κ2) is 9.83. The summed E-state index contributed by atoms with van der Waals surface area (Å²) in [7, 11) is -2.45. The van der Waals surface area contributed by atoms with Crippen LogP contribution in [0.2, 0.25) is 0 Å². The van der Waals surface area contributed by atoms with E-state index >= 15 is 0 Å². The number of halogens is 6. The number of aromatic nitrogens is 5. The van der Waals surface area contributed by atoms with E-state index in [2.05, 4.69) is 29.7 Å². The molecule has 9 nitrogen and oxygen atoms in total. The summed E-state index contributed by atoms with van der Waals surface area (Å²) in [4.78, 5) is 24.7. The first-order valence-corrected chi connectivity index (χ1v) is 12.2. The van der Waals surface area contributed by atoms with Gasteiger partial charge in [0.15, 0.2) is 5.82 Å². The van der Waals surface area contributed by atoms with Gasteiger partial charge in [0.25, 0.3) is 11.9 Å². The molecule has 1 amide bonds. The van der Waals surface area contributed by atoms with E-state index in [-0.39, 0.29) is 23.5 Å². The topological polar surface area (TPSA) is 115 Å². The van der Waals surface area contributed by atoms with Crippen molar-refractivity contribution in [3.8, 4) is 5.95 Å². The van der Waals surface area contributed by atoms with Crippen LogP contribution in [0.3, 0.4) is 0 Å². The van der Waals surface area contributed by atoms with Crippen molar-refractivity contribution in [3.63, 3.8) is 0 Å². The highest BCUT2D eigenvalue weighted by atomic mass is 32.2. The van der Waals surface area contributed by atoms with E-state index < -0.39 is 50.7 Å². The number of amides is 1. The van der Waals surface area contributed by atoms with Gasteiger partial charge in [-0.2, -0.15) is 40.5 Å². The molecule has 36 heavy (non-hydrogen) atoms. The molecule has 0 aliphatic rings. The van der Waals surface area contributed by atoms with Crippen LogP contribution in [-0.2, 0) is 22.1 Å². The molecule has 194 valence electrons. The van der Waals surface area contributed by atoms with E-state index in [1.807, 2.05) is 0 Å². The molecule has 0 aliphatic carbocycles. The molecule has 2 heterocycles. The summed E-state index contributed by atoms with van der Waals surface area (Å²) in [6.07, 6.45) is -5.04. The molecule has 2 aromatic heterocycles. The minimum absolute atomic E-state index is 0.0138. The quantitative estimate of drug-likeness (QED) is 0.470. The smallest absolute Gasteiger partial charge is 0.342 e. The van der Waals surface area contributed by atoms with Crippen LogP contribution < -0.4 is 5.32 Å². The van der Waals surface area contributed by atoms with Gasteiger partial charge in [0.1, 0.15) is 12.0 Å².